The van der Waals surface area contributed by atoms with E-state index in [0.29, 0.717) is 30.2 Å². The van der Waals surface area contributed by atoms with E-state index in [-0.39, 0.29) is 37.9 Å². The zero-order valence-corrected chi connectivity index (χ0v) is 49.6. The molecule has 2 aromatic carbocycles. The highest BCUT2D eigenvalue weighted by Crippen LogP contribution is 2.57. The molecule has 6 aliphatic carbocycles. The van der Waals surface area contributed by atoms with Crippen molar-refractivity contribution in [2.75, 3.05) is 6.54 Å². The fraction of sp³-hybridized carbons (Fsp3) is 0.543. The van der Waals surface area contributed by atoms with Gasteiger partial charge in [-0.3, -0.25) is 0 Å². The Hall–Kier alpha value is -4.70. The highest BCUT2D eigenvalue weighted by molar-refractivity contribution is 6.61. The normalized spacial score (nSPS) is 28.0. The number of furan rings is 1. The Morgan fingerprint density at radius 3 is 2.00 bits per heavy atom. The summed E-state index contributed by atoms with van der Waals surface area (Å²) in [6.07, 6.45) is 36.1. The zero-order valence-electron chi connectivity index (χ0n) is 49.6. The van der Waals surface area contributed by atoms with E-state index in [2.05, 4.69) is 257 Å². The van der Waals surface area contributed by atoms with Gasteiger partial charge in [0.25, 0.3) is 0 Å². The van der Waals surface area contributed by atoms with Crippen LogP contribution in [0.1, 0.15) is 193 Å². The molecule has 9 rings (SSSR count). The lowest BCUT2D eigenvalue weighted by Crippen LogP contribution is -2.44. The van der Waals surface area contributed by atoms with Crippen LogP contribution in [0.3, 0.4) is 0 Å². The van der Waals surface area contributed by atoms with E-state index in [1.165, 1.54) is 75.9 Å². The summed E-state index contributed by atoms with van der Waals surface area (Å²) < 4.78 is 7.05. The molecule has 2 bridgehead atoms. The SMILES string of the molecule is C/C=C\C(=C/CNC1=CC(C(C)(C)C)C(C(C)(C)C)C=C1c1ccccc1)N(C1=C([B]c2cc3cc4c(cc3o2)C2(C)CCC4(C)CC2)C=C(C(C)(C)CC)C(C(C)C)C1)C1=C/C=C/C(C)(C)CCC(C)(C)\C=C\1. The summed E-state index contributed by atoms with van der Waals surface area (Å²) in [4.78, 5) is 2.62. The van der Waals surface area contributed by atoms with Gasteiger partial charge in [0.1, 0.15) is 5.58 Å². The number of nitrogens with zero attached hydrogens (tertiary/aromatic N) is 1. The van der Waals surface area contributed by atoms with Gasteiger partial charge in [0.05, 0.1) is 5.66 Å². The van der Waals surface area contributed by atoms with Crippen LogP contribution in [0, 0.1) is 50.7 Å². The molecular weight excluding hydrogens is 896 g/mol. The van der Waals surface area contributed by atoms with Crippen LogP contribution in [0.5, 0.6) is 0 Å². The molecule has 0 spiro atoms. The van der Waals surface area contributed by atoms with Crippen molar-refractivity contribution < 1.29 is 4.42 Å². The Morgan fingerprint density at radius 1 is 0.797 bits per heavy atom. The van der Waals surface area contributed by atoms with Gasteiger partial charge in [-0.1, -0.05) is 202 Å². The van der Waals surface area contributed by atoms with Gasteiger partial charge in [0.2, 0.25) is 7.28 Å². The fourth-order valence-electron chi connectivity index (χ4n) is 13.1. The number of rotatable bonds is 13. The van der Waals surface area contributed by atoms with Crippen molar-refractivity contribution in [3.05, 3.63) is 166 Å². The van der Waals surface area contributed by atoms with Crippen molar-refractivity contribution in [2.45, 2.75) is 187 Å². The molecule has 0 amide bonds. The highest BCUT2D eigenvalue weighted by atomic mass is 16.3. The van der Waals surface area contributed by atoms with Crippen molar-refractivity contribution in [1.82, 2.24) is 10.2 Å². The van der Waals surface area contributed by atoms with E-state index in [0.717, 1.165) is 42.6 Å². The molecule has 1 N–H and O–H groups in total. The minimum Gasteiger partial charge on any atom is -0.472 e. The zero-order chi connectivity index (χ0) is 53.8. The number of benzene rings is 2. The first-order chi connectivity index (χ1) is 34.6. The van der Waals surface area contributed by atoms with Gasteiger partial charge < -0.3 is 14.6 Å². The van der Waals surface area contributed by atoms with Gasteiger partial charge >= 0.3 is 0 Å². The summed E-state index contributed by atoms with van der Waals surface area (Å²) in [6.45, 7) is 44.0. The third-order valence-electron chi connectivity index (χ3n) is 18.8. The van der Waals surface area contributed by atoms with Crippen molar-refractivity contribution >= 4 is 29.5 Å². The van der Waals surface area contributed by atoms with Gasteiger partial charge in [0.15, 0.2) is 0 Å². The Morgan fingerprint density at radius 2 is 1.41 bits per heavy atom. The first kappa shape index (κ1) is 55.5. The number of fused-ring (bicyclic) bond motifs is 3. The average Bonchev–Trinajstić information content (AvgIpc) is 3.73. The van der Waals surface area contributed by atoms with Crippen LogP contribution in [0.4, 0.5) is 0 Å². The maximum atomic E-state index is 7.05. The third kappa shape index (κ3) is 11.7. The second kappa shape index (κ2) is 20.7. The van der Waals surface area contributed by atoms with Crippen molar-refractivity contribution in [1.29, 1.82) is 0 Å². The van der Waals surface area contributed by atoms with Gasteiger partial charge in [0, 0.05) is 40.3 Å². The first-order valence-corrected chi connectivity index (χ1v) is 28.9. The molecule has 74 heavy (non-hydrogen) atoms. The van der Waals surface area contributed by atoms with Crippen LogP contribution in [-0.4, -0.2) is 18.7 Å². The molecule has 1 fully saturated rings. The number of nitrogens with one attached hydrogen (secondary N) is 1. The maximum absolute atomic E-state index is 7.05. The predicted molar refractivity (Wildman–Crippen MR) is 321 cm³/mol. The van der Waals surface area contributed by atoms with Gasteiger partial charge in [-0.05, 0) is 179 Å². The summed E-state index contributed by atoms with van der Waals surface area (Å²) in [5, 5.41) is 5.30. The summed E-state index contributed by atoms with van der Waals surface area (Å²) in [5.41, 5.74) is 15.9. The van der Waals surface area contributed by atoms with Gasteiger partial charge in [-0.15, -0.1) is 0 Å². The van der Waals surface area contributed by atoms with Crippen LogP contribution >= 0.6 is 0 Å². The monoisotopic (exact) mass is 992 g/mol. The fourth-order valence-corrected chi connectivity index (χ4v) is 13.1. The van der Waals surface area contributed by atoms with E-state index in [1.54, 1.807) is 5.56 Å². The second-order valence-electron chi connectivity index (χ2n) is 28.6. The summed E-state index contributed by atoms with van der Waals surface area (Å²) in [6, 6.07) is 18.3. The van der Waals surface area contributed by atoms with Gasteiger partial charge in [-0.2, -0.15) is 0 Å². The third-order valence-corrected chi connectivity index (χ3v) is 18.8. The van der Waals surface area contributed by atoms with Crippen LogP contribution in [-0.2, 0) is 10.8 Å². The molecule has 3 nitrogen and oxygen atoms in total. The Balaban J connectivity index is 1.32. The topological polar surface area (TPSA) is 28.4 Å². The number of hydrogen-bond donors (Lipinski definition) is 1. The molecule has 0 saturated heterocycles. The molecule has 1 saturated carbocycles. The summed E-state index contributed by atoms with van der Waals surface area (Å²) >= 11 is 0. The minimum atomic E-state index is 0.0109. The molecule has 3 unspecified atom stereocenters. The minimum absolute atomic E-state index is 0.0109. The summed E-state index contributed by atoms with van der Waals surface area (Å²) in [5.74, 6) is 1.55. The molecule has 3 aromatic rings. The van der Waals surface area contributed by atoms with Crippen molar-refractivity contribution in [2.24, 2.45) is 50.7 Å². The molecular formula is C70H96BN2O. The smallest absolute Gasteiger partial charge is 0.243 e. The predicted octanol–water partition coefficient (Wildman–Crippen LogP) is 18.6. The van der Waals surface area contributed by atoms with Crippen molar-refractivity contribution in [3.63, 3.8) is 0 Å². The molecule has 4 heteroatoms. The van der Waals surface area contributed by atoms with Crippen LogP contribution < -0.4 is 11.0 Å². The van der Waals surface area contributed by atoms with Crippen LogP contribution in [0.25, 0.3) is 16.5 Å². The second-order valence-corrected chi connectivity index (χ2v) is 28.6. The lowest BCUT2D eigenvalue weighted by Gasteiger charge is -2.52. The number of allylic oxidation sites excluding steroid dienone is 14. The van der Waals surface area contributed by atoms with Gasteiger partial charge in [-0.25, -0.2) is 0 Å². The van der Waals surface area contributed by atoms with E-state index < -0.39 is 0 Å². The molecule has 395 valence electrons. The molecule has 1 radical (unpaired) electrons. The van der Waals surface area contributed by atoms with E-state index in [1.807, 2.05) is 0 Å². The first-order valence-electron chi connectivity index (χ1n) is 28.9. The largest absolute Gasteiger partial charge is 0.472 e. The Bertz CT molecular complexity index is 2780. The Labute approximate surface area is 451 Å². The lowest BCUT2D eigenvalue weighted by atomic mass is 9.52. The molecule has 1 heterocycles. The van der Waals surface area contributed by atoms with Crippen molar-refractivity contribution in [3.8, 4) is 0 Å². The van der Waals surface area contributed by atoms with Crippen LogP contribution in [0.2, 0.25) is 0 Å². The average molecular weight is 992 g/mol. The molecule has 0 aliphatic heterocycles. The standard InChI is InChI=1S/C70H96BN2O/c1-19-25-50(30-39-72-60-45-56(65(8,9)10)55(64(5,6)7)42-53(60)48-26-22-21-23-27-48)73(51-28-24-31-66(11,12)33-34-67(13,14)32-29-51)61-43-52(47(3)4)54(68(15,16)20-2)44-59(61)71-63-41-49-40-57-58(46-62(49)74-63)70(18)37-35-69(57,17)36-38-70/h19,21-32,40-42,44-47,52,55-56,72H,20,33-39,43H2,1-18H3/b25-19-,31-24+,32-29+,50-30+,51-28+. The van der Waals surface area contributed by atoms with E-state index in [4.69, 9.17) is 4.42 Å². The highest BCUT2D eigenvalue weighted by Gasteiger charge is 2.48. The quantitative estimate of drug-likeness (QED) is 0.137. The Kier molecular flexibility index (Phi) is 15.5. The van der Waals surface area contributed by atoms with E-state index in [9.17, 15) is 0 Å². The molecule has 3 atom stereocenters. The van der Waals surface area contributed by atoms with E-state index >= 15 is 0 Å². The van der Waals surface area contributed by atoms with Crippen LogP contribution in [0.15, 0.2) is 154 Å². The maximum Gasteiger partial charge on any atom is 0.243 e. The molecule has 6 aliphatic rings. The summed E-state index contributed by atoms with van der Waals surface area (Å²) in [7, 11) is 2.39. The lowest BCUT2D eigenvalue weighted by molar-refractivity contribution is 0.141. The molecule has 1 aromatic heterocycles. The number of hydrogen-bond acceptors (Lipinski definition) is 3.